The normalized spacial score (nSPS) is 17.3. The van der Waals surface area contributed by atoms with Gasteiger partial charge in [0, 0.05) is 18.7 Å². The van der Waals surface area contributed by atoms with Crippen molar-refractivity contribution in [3.8, 4) is 11.5 Å². The van der Waals surface area contributed by atoms with Crippen LogP contribution < -0.4 is 4.74 Å². The van der Waals surface area contributed by atoms with Gasteiger partial charge in [0.05, 0.1) is 0 Å². The van der Waals surface area contributed by atoms with Crippen LogP contribution in [0.2, 0.25) is 0 Å². The van der Waals surface area contributed by atoms with E-state index in [0.717, 1.165) is 24.4 Å². The van der Waals surface area contributed by atoms with E-state index >= 15 is 0 Å². The zero-order chi connectivity index (χ0) is 9.26. The maximum absolute atomic E-state index is 9.29. The molecule has 0 saturated carbocycles. The lowest BCUT2D eigenvalue weighted by Gasteiger charge is -2.11. The Balaban J connectivity index is 2.35. The highest BCUT2D eigenvalue weighted by atomic mass is 16.5. The van der Waals surface area contributed by atoms with Gasteiger partial charge < -0.3 is 9.84 Å². The second-order valence-corrected chi connectivity index (χ2v) is 3.38. The fourth-order valence-corrected chi connectivity index (χ4v) is 1.51. The van der Waals surface area contributed by atoms with Gasteiger partial charge in [-0.25, -0.2) is 0 Å². The van der Waals surface area contributed by atoms with Crippen LogP contribution in [-0.4, -0.2) is 30.2 Å². The quantitative estimate of drug-likeness (QED) is 0.650. The van der Waals surface area contributed by atoms with E-state index in [4.69, 9.17) is 4.74 Å². The third-order valence-electron chi connectivity index (χ3n) is 2.21. The van der Waals surface area contributed by atoms with E-state index in [2.05, 4.69) is 4.90 Å². The minimum absolute atomic E-state index is 0.303. The number of rotatable bonds is 0. The smallest absolute Gasteiger partial charge is 0.124 e. The van der Waals surface area contributed by atoms with Crippen LogP contribution in [0, 0.1) is 0 Å². The first kappa shape index (κ1) is 8.38. The van der Waals surface area contributed by atoms with Gasteiger partial charge in [-0.3, -0.25) is 4.90 Å². The van der Waals surface area contributed by atoms with Crippen LogP contribution in [0.4, 0.5) is 0 Å². The second kappa shape index (κ2) is 3.26. The van der Waals surface area contributed by atoms with Crippen molar-refractivity contribution < 1.29 is 9.84 Å². The Kier molecular flexibility index (Phi) is 2.10. The Morgan fingerprint density at radius 1 is 1.46 bits per heavy atom. The largest absolute Gasteiger partial charge is 0.508 e. The molecule has 3 nitrogen and oxygen atoms in total. The molecule has 1 aliphatic rings. The molecule has 70 valence electrons. The number of aromatic hydroxyl groups is 1. The lowest BCUT2D eigenvalue weighted by Crippen LogP contribution is -2.20. The van der Waals surface area contributed by atoms with Crippen molar-refractivity contribution in [1.29, 1.82) is 0 Å². The maximum atomic E-state index is 9.29. The van der Waals surface area contributed by atoms with E-state index in [-0.39, 0.29) is 0 Å². The highest BCUT2D eigenvalue weighted by Gasteiger charge is 2.12. The summed E-state index contributed by atoms with van der Waals surface area (Å²) in [5, 5.41) is 9.29. The van der Waals surface area contributed by atoms with E-state index in [1.165, 1.54) is 0 Å². The average Bonchev–Trinajstić information content (AvgIpc) is 2.25. The lowest BCUT2D eigenvalue weighted by atomic mass is 10.2. The summed E-state index contributed by atoms with van der Waals surface area (Å²) in [5.41, 5.74) is 1.06. The zero-order valence-electron chi connectivity index (χ0n) is 7.66. The Hall–Kier alpha value is -1.22. The van der Waals surface area contributed by atoms with Crippen LogP contribution in [-0.2, 0) is 6.54 Å². The number of nitrogens with zero attached hydrogens (tertiary/aromatic N) is 1. The van der Waals surface area contributed by atoms with Gasteiger partial charge in [-0.1, -0.05) is 0 Å². The molecule has 0 saturated heterocycles. The molecule has 0 aromatic heterocycles. The molecule has 0 bridgehead atoms. The fourth-order valence-electron chi connectivity index (χ4n) is 1.51. The third kappa shape index (κ3) is 1.75. The molecular weight excluding hydrogens is 166 g/mol. The minimum atomic E-state index is 0.303. The summed E-state index contributed by atoms with van der Waals surface area (Å²) in [5.74, 6) is 1.19. The van der Waals surface area contributed by atoms with E-state index in [0.29, 0.717) is 12.4 Å². The molecule has 1 aromatic carbocycles. The molecule has 0 radical (unpaired) electrons. The second-order valence-electron chi connectivity index (χ2n) is 3.38. The summed E-state index contributed by atoms with van der Waals surface area (Å²) in [6.45, 7) is 2.48. The topological polar surface area (TPSA) is 32.7 Å². The van der Waals surface area contributed by atoms with Crippen LogP contribution in [0.15, 0.2) is 18.2 Å². The molecular formula is C10H13NO2. The summed E-state index contributed by atoms with van der Waals surface area (Å²) in [4.78, 5) is 2.17. The summed E-state index contributed by atoms with van der Waals surface area (Å²) < 4.78 is 5.52. The lowest BCUT2D eigenvalue weighted by molar-refractivity contribution is 0.259. The van der Waals surface area contributed by atoms with Gasteiger partial charge in [0.15, 0.2) is 0 Å². The molecule has 2 rings (SSSR count). The molecule has 0 aliphatic carbocycles. The van der Waals surface area contributed by atoms with Gasteiger partial charge in [-0.15, -0.1) is 0 Å². The Morgan fingerprint density at radius 3 is 3.15 bits per heavy atom. The first-order valence-electron chi connectivity index (χ1n) is 4.39. The summed E-state index contributed by atoms with van der Waals surface area (Å²) >= 11 is 0. The van der Waals surface area contributed by atoms with Gasteiger partial charge in [-0.05, 0) is 25.2 Å². The van der Waals surface area contributed by atoms with Gasteiger partial charge >= 0.3 is 0 Å². The van der Waals surface area contributed by atoms with Gasteiger partial charge in [0.25, 0.3) is 0 Å². The van der Waals surface area contributed by atoms with E-state index < -0.39 is 0 Å². The number of ether oxygens (including phenoxy) is 1. The summed E-state index contributed by atoms with van der Waals surface area (Å²) in [7, 11) is 2.04. The van der Waals surface area contributed by atoms with Crippen LogP contribution in [0.3, 0.4) is 0 Å². The number of likely N-dealkylation sites (N-methyl/N-ethyl adjacent to an activating group) is 1. The molecule has 0 atom stereocenters. The SMILES string of the molecule is CN1CCOc2ccc(O)cc2C1. The molecule has 0 unspecified atom stereocenters. The van der Waals surface area contributed by atoms with Gasteiger partial charge in [0.1, 0.15) is 18.1 Å². The molecule has 0 amide bonds. The van der Waals surface area contributed by atoms with Crippen LogP contribution in [0.5, 0.6) is 11.5 Å². The van der Waals surface area contributed by atoms with E-state index in [1.54, 1.807) is 12.1 Å². The van der Waals surface area contributed by atoms with Gasteiger partial charge in [0.2, 0.25) is 0 Å². The number of hydrogen-bond acceptors (Lipinski definition) is 3. The zero-order valence-corrected chi connectivity index (χ0v) is 7.66. The predicted octanol–water partition coefficient (Wildman–Crippen LogP) is 1.22. The van der Waals surface area contributed by atoms with Crippen LogP contribution in [0.1, 0.15) is 5.56 Å². The van der Waals surface area contributed by atoms with Crippen molar-refractivity contribution in [3.05, 3.63) is 23.8 Å². The Morgan fingerprint density at radius 2 is 2.31 bits per heavy atom. The van der Waals surface area contributed by atoms with Crippen molar-refractivity contribution in [2.45, 2.75) is 6.54 Å². The molecule has 3 heteroatoms. The highest BCUT2D eigenvalue weighted by Crippen LogP contribution is 2.26. The van der Waals surface area contributed by atoms with E-state index in [9.17, 15) is 5.11 Å². The first-order valence-corrected chi connectivity index (χ1v) is 4.39. The number of fused-ring (bicyclic) bond motifs is 1. The number of benzene rings is 1. The summed E-state index contributed by atoms with van der Waals surface area (Å²) in [6.07, 6.45) is 0. The van der Waals surface area contributed by atoms with Crippen LogP contribution >= 0.6 is 0 Å². The molecule has 1 N–H and O–H groups in total. The summed E-state index contributed by atoms with van der Waals surface area (Å²) in [6, 6.07) is 5.24. The third-order valence-corrected chi connectivity index (χ3v) is 2.21. The molecule has 1 aliphatic heterocycles. The number of hydrogen-bond donors (Lipinski definition) is 1. The van der Waals surface area contributed by atoms with Crippen molar-refractivity contribution >= 4 is 0 Å². The minimum Gasteiger partial charge on any atom is -0.508 e. The standard InChI is InChI=1S/C10H13NO2/c1-11-4-5-13-10-3-2-9(12)6-8(10)7-11/h2-3,6,12H,4-5,7H2,1H3. The molecule has 0 spiro atoms. The first-order chi connectivity index (χ1) is 6.25. The van der Waals surface area contributed by atoms with Crippen molar-refractivity contribution in [2.24, 2.45) is 0 Å². The average molecular weight is 179 g/mol. The predicted molar refractivity (Wildman–Crippen MR) is 49.9 cm³/mol. The molecule has 1 heterocycles. The Labute approximate surface area is 77.6 Å². The van der Waals surface area contributed by atoms with Crippen molar-refractivity contribution in [1.82, 2.24) is 4.90 Å². The number of phenolic OH excluding ortho intramolecular Hbond substituents is 1. The number of phenols is 1. The Bertz CT molecular complexity index is 312. The van der Waals surface area contributed by atoms with Gasteiger partial charge in [-0.2, -0.15) is 0 Å². The highest BCUT2D eigenvalue weighted by molar-refractivity contribution is 5.39. The van der Waals surface area contributed by atoms with Crippen LogP contribution in [0.25, 0.3) is 0 Å². The monoisotopic (exact) mass is 179 g/mol. The maximum Gasteiger partial charge on any atom is 0.124 e. The van der Waals surface area contributed by atoms with Crippen molar-refractivity contribution in [3.63, 3.8) is 0 Å². The van der Waals surface area contributed by atoms with Crippen molar-refractivity contribution in [2.75, 3.05) is 20.2 Å². The molecule has 13 heavy (non-hydrogen) atoms. The molecule has 1 aromatic rings. The van der Waals surface area contributed by atoms with E-state index in [1.807, 2.05) is 13.1 Å². The fraction of sp³-hybridized carbons (Fsp3) is 0.400. The molecule has 0 fully saturated rings.